The van der Waals surface area contributed by atoms with E-state index in [0.29, 0.717) is 0 Å². The maximum atomic E-state index is 12.6. The van der Waals surface area contributed by atoms with Crippen molar-refractivity contribution < 1.29 is 19.1 Å². The number of aromatic nitrogens is 2. The number of nitrogens with zero attached hydrogens (tertiary/aromatic N) is 3. The number of ether oxygens (including phenoxy) is 2. The molecule has 36 heavy (non-hydrogen) atoms. The Morgan fingerprint density at radius 1 is 1.00 bits per heavy atom. The Labute approximate surface area is 212 Å². The Balaban J connectivity index is 1.59. The Morgan fingerprint density at radius 2 is 1.81 bits per heavy atom. The first kappa shape index (κ1) is 24.3. The van der Waals surface area contributed by atoms with E-state index in [1.807, 2.05) is 12.1 Å². The van der Waals surface area contributed by atoms with Gasteiger partial charge >= 0.3 is 12.1 Å². The summed E-state index contributed by atoms with van der Waals surface area (Å²) in [6.45, 7) is 2.06. The molecule has 7 heteroatoms. The number of esters is 1. The van der Waals surface area contributed by atoms with Crippen LogP contribution in [0.15, 0.2) is 42.5 Å². The lowest BCUT2D eigenvalue weighted by molar-refractivity contribution is -0.147. The molecule has 3 aromatic rings. The first-order valence-corrected chi connectivity index (χ1v) is 13.0. The van der Waals surface area contributed by atoms with Gasteiger partial charge in [0.25, 0.3) is 0 Å². The number of carbonyl (C=O) groups excluding carboxylic acids is 2. The van der Waals surface area contributed by atoms with Crippen molar-refractivity contribution in [2.24, 2.45) is 5.92 Å². The molecule has 2 aromatic carbocycles. The first-order chi connectivity index (χ1) is 17.5. The van der Waals surface area contributed by atoms with Crippen LogP contribution in [0.4, 0.5) is 10.5 Å². The number of methoxy groups -OCH3 is 2. The van der Waals surface area contributed by atoms with E-state index in [1.54, 1.807) is 4.90 Å². The first-order valence-electron chi connectivity index (χ1n) is 13.0. The van der Waals surface area contributed by atoms with Crippen LogP contribution in [0.2, 0.25) is 0 Å². The molecule has 1 amide bonds. The molecule has 0 N–H and O–H groups in total. The molecule has 1 fully saturated rings. The number of hydrogen-bond acceptors (Lipinski definition) is 5. The lowest BCUT2D eigenvalue weighted by Crippen LogP contribution is -2.42. The minimum Gasteiger partial charge on any atom is -0.469 e. The van der Waals surface area contributed by atoms with Gasteiger partial charge in [0, 0.05) is 24.1 Å². The molecule has 5 rings (SSSR count). The second kappa shape index (κ2) is 10.3. The van der Waals surface area contributed by atoms with E-state index in [0.717, 1.165) is 79.5 Å². The van der Waals surface area contributed by atoms with Gasteiger partial charge in [-0.25, -0.2) is 9.78 Å². The van der Waals surface area contributed by atoms with E-state index in [2.05, 4.69) is 41.8 Å². The minimum absolute atomic E-state index is 0.0706. The number of anilines is 1. The third-order valence-electron chi connectivity index (χ3n) is 7.93. The van der Waals surface area contributed by atoms with E-state index >= 15 is 0 Å². The van der Waals surface area contributed by atoms with Crippen molar-refractivity contribution in [1.29, 1.82) is 0 Å². The van der Waals surface area contributed by atoms with Gasteiger partial charge in [-0.1, -0.05) is 36.8 Å². The summed E-state index contributed by atoms with van der Waals surface area (Å²) in [5.74, 6) is 0.845. The van der Waals surface area contributed by atoms with Crippen molar-refractivity contribution in [1.82, 2.24) is 9.55 Å². The van der Waals surface area contributed by atoms with Gasteiger partial charge < -0.3 is 14.0 Å². The van der Waals surface area contributed by atoms with Crippen molar-refractivity contribution in [2.45, 2.75) is 70.4 Å². The van der Waals surface area contributed by atoms with Crippen LogP contribution in [-0.2, 0) is 33.5 Å². The number of fused-ring (bicyclic) bond motifs is 3. The van der Waals surface area contributed by atoms with Crippen molar-refractivity contribution in [3.63, 3.8) is 0 Å². The third kappa shape index (κ3) is 4.47. The lowest BCUT2D eigenvalue weighted by atomic mass is 9.85. The van der Waals surface area contributed by atoms with Gasteiger partial charge in [-0.15, -0.1) is 0 Å². The van der Waals surface area contributed by atoms with Gasteiger partial charge in [-0.3, -0.25) is 9.69 Å². The van der Waals surface area contributed by atoms with Crippen LogP contribution < -0.4 is 4.90 Å². The van der Waals surface area contributed by atoms with E-state index < -0.39 is 0 Å². The van der Waals surface area contributed by atoms with Gasteiger partial charge in [0.1, 0.15) is 5.82 Å². The average molecular weight is 490 g/mol. The standard InChI is InChI=1S/C29H35N3O4/c1-19-12-14-23-24(31(19)29(34)36-3)15-16-25-27(23)30-26(17-13-20-8-5-4-6-9-20)32(25)22-11-7-10-21(18-22)28(33)35-2/h4-6,8-9,15-16,19,21-22H,7,10-14,17-18H2,1-3H3/t19-,21-,22-/m0/s1. The summed E-state index contributed by atoms with van der Waals surface area (Å²) in [5.41, 5.74) is 5.34. The Kier molecular flexibility index (Phi) is 6.99. The van der Waals surface area contributed by atoms with E-state index in [-0.39, 0.29) is 30.1 Å². The Hall–Kier alpha value is -3.35. The molecule has 0 bridgehead atoms. The molecule has 0 spiro atoms. The predicted molar refractivity (Wildman–Crippen MR) is 139 cm³/mol. The summed E-state index contributed by atoms with van der Waals surface area (Å²) in [7, 11) is 2.91. The molecule has 0 radical (unpaired) electrons. The summed E-state index contributed by atoms with van der Waals surface area (Å²) < 4.78 is 12.6. The fourth-order valence-corrected chi connectivity index (χ4v) is 6.09. The van der Waals surface area contributed by atoms with Crippen molar-refractivity contribution in [3.8, 4) is 0 Å². The molecule has 2 heterocycles. The van der Waals surface area contributed by atoms with Gasteiger partial charge in [0.15, 0.2) is 0 Å². The summed E-state index contributed by atoms with van der Waals surface area (Å²) in [6.07, 6.45) is 6.73. The molecule has 2 aliphatic rings. The second-order valence-corrected chi connectivity index (χ2v) is 10.1. The topological polar surface area (TPSA) is 73.7 Å². The highest BCUT2D eigenvalue weighted by molar-refractivity contribution is 5.95. The highest BCUT2D eigenvalue weighted by Crippen LogP contribution is 2.40. The van der Waals surface area contributed by atoms with Crippen LogP contribution in [0.25, 0.3) is 11.0 Å². The zero-order valence-electron chi connectivity index (χ0n) is 21.4. The molecule has 1 aromatic heterocycles. The molecular formula is C29H35N3O4. The average Bonchev–Trinajstić information content (AvgIpc) is 3.30. The Morgan fingerprint density at radius 3 is 2.56 bits per heavy atom. The van der Waals surface area contributed by atoms with Gasteiger partial charge in [-0.2, -0.15) is 0 Å². The van der Waals surface area contributed by atoms with Crippen molar-refractivity contribution >= 4 is 28.8 Å². The highest BCUT2D eigenvalue weighted by Gasteiger charge is 2.34. The minimum atomic E-state index is -0.334. The van der Waals surface area contributed by atoms with E-state index in [9.17, 15) is 9.59 Å². The van der Waals surface area contributed by atoms with Crippen LogP contribution >= 0.6 is 0 Å². The highest BCUT2D eigenvalue weighted by atomic mass is 16.5. The number of benzene rings is 2. The SMILES string of the molecule is COC(=O)[C@H]1CCC[C@H](n2c(CCc3ccccc3)nc3c4c(ccc32)N(C(=O)OC)[C@@H](C)CC4)C1. The van der Waals surface area contributed by atoms with Gasteiger partial charge in [0.05, 0.1) is 36.9 Å². The van der Waals surface area contributed by atoms with Crippen LogP contribution in [0.5, 0.6) is 0 Å². The number of rotatable bonds is 5. The molecule has 1 aliphatic heterocycles. The second-order valence-electron chi connectivity index (χ2n) is 10.1. The maximum absolute atomic E-state index is 12.6. The molecule has 190 valence electrons. The number of imidazole rings is 1. The molecule has 0 saturated heterocycles. The van der Waals surface area contributed by atoms with Gasteiger partial charge in [0.2, 0.25) is 0 Å². The fraction of sp³-hybridized carbons (Fsp3) is 0.483. The summed E-state index contributed by atoms with van der Waals surface area (Å²) in [5, 5.41) is 0. The normalized spacial score (nSPS) is 21.8. The smallest absolute Gasteiger partial charge is 0.414 e. The summed E-state index contributed by atoms with van der Waals surface area (Å²) >= 11 is 0. The maximum Gasteiger partial charge on any atom is 0.414 e. The number of hydrogen-bond donors (Lipinski definition) is 0. The zero-order valence-corrected chi connectivity index (χ0v) is 21.4. The number of aryl methyl sites for hydroxylation is 3. The molecule has 1 saturated carbocycles. The lowest BCUT2D eigenvalue weighted by Gasteiger charge is -2.34. The monoisotopic (exact) mass is 489 g/mol. The number of amides is 1. The zero-order chi connectivity index (χ0) is 25.2. The van der Waals surface area contributed by atoms with Crippen LogP contribution in [0.3, 0.4) is 0 Å². The van der Waals surface area contributed by atoms with Crippen molar-refractivity contribution in [2.75, 3.05) is 19.1 Å². The summed E-state index contributed by atoms with van der Waals surface area (Å²) in [6, 6.07) is 14.9. The van der Waals surface area contributed by atoms with Crippen LogP contribution in [0, 0.1) is 5.92 Å². The third-order valence-corrected chi connectivity index (χ3v) is 7.93. The molecule has 0 unspecified atom stereocenters. The van der Waals surface area contributed by atoms with E-state index in [4.69, 9.17) is 14.5 Å². The number of carbonyl (C=O) groups is 2. The molecule has 7 nitrogen and oxygen atoms in total. The van der Waals surface area contributed by atoms with Crippen LogP contribution in [0.1, 0.15) is 62.0 Å². The van der Waals surface area contributed by atoms with Gasteiger partial charge in [-0.05, 0) is 63.1 Å². The summed E-state index contributed by atoms with van der Waals surface area (Å²) in [4.78, 5) is 32.0. The van der Waals surface area contributed by atoms with E-state index in [1.165, 1.54) is 19.8 Å². The molecular weight excluding hydrogens is 454 g/mol. The molecule has 3 atom stereocenters. The van der Waals surface area contributed by atoms with Crippen LogP contribution in [-0.4, -0.2) is 41.9 Å². The largest absolute Gasteiger partial charge is 0.469 e. The quantitative estimate of drug-likeness (QED) is 0.434. The Bertz CT molecular complexity index is 1250. The fourth-order valence-electron chi connectivity index (χ4n) is 6.09. The van der Waals surface area contributed by atoms with Crippen molar-refractivity contribution in [3.05, 3.63) is 59.4 Å². The predicted octanol–water partition coefficient (Wildman–Crippen LogP) is 5.63. The molecule has 1 aliphatic carbocycles.